The van der Waals surface area contributed by atoms with Crippen molar-refractivity contribution in [3.63, 3.8) is 0 Å². The van der Waals surface area contributed by atoms with Gasteiger partial charge in [-0.05, 0) is 42.3 Å². The molecule has 0 bridgehead atoms. The van der Waals surface area contributed by atoms with E-state index in [9.17, 15) is 4.39 Å². The largest absolute Gasteiger partial charge is 0.274 e. The highest BCUT2D eigenvalue weighted by molar-refractivity contribution is 7.98. The van der Waals surface area contributed by atoms with Crippen LogP contribution in [-0.2, 0) is 12.2 Å². The fourth-order valence-corrected chi connectivity index (χ4v) is 4.00. The van der Waals surface area contributed by atoms with Crippen molar-refractivity contribution in [3.05, 3.63) is 107 Å². The number of hydrogen-bond acceptors (Lipinski definition) is 3. The smallest absolute Gasteiger partial charge is 0.196 e. The lowest BCUT2D eigenvalue weighted by atomic mass is 10.1. The molecular formula is C23H20FN3S. The number of thioether (sulfide) groups is 1. The summed E-state index contributed by atoms with van der Waals surface area (Å²) in [6, 6.07) is 25.1. The fraction of sp³-hybridized carbons (Fsp3) is 0.130. The summed E-state index contributed by atoms with van der Waals surface area (Å²) >= 11 is 1.63. The van der Waals surface area contributed by atoms with E-state index in [-0.39, 0.29) is 5.82 Å². The number of halogens is 1. The predicted octanol–water partition coefficient (Wildman–Crippen LogP) is 5.60. The zero-order valence-electron chi connectivity index (χ0n) is 15.5. The van der Waals surface area contributed by atoms with Crippen LogP contribution in [0.2, 0.25) is 0 Å². The Labute approximate surface area is 168 Å². The van der Waals surface area contributed by atoms with Crippen molar-refractivity contribution in [2.75, 3.05) is 0 Å². The van der Waals surface area contributed by atoms with E-state index >= 15 is 0 Å². The van der Waals surface area contributed by atoms with E-state index in [0.717, 1.165) is 28.0 Å². The first-order valence-electron chi connectivity index (χ1n) is 9.11. The second-order valence-corrected chi connectivity index (χ2v) is 7.59. The third kappa shape index (κ3) is 4.31. The van der Waals surface area contributed by atoms with Gasteiger partial charge >= 0.3 is 0 Å². The lowest BCUT2D eigenvalue weighted by molar-refractivity contribution is 0.627. The van der Waals surface area contributed by atoms with Crippen LogP contribution in [0.15, 0.2) is 84.0 Å². The van der Waals surface area contributed by atoms with Crippen LogP contribution in [0, 0.1) is 12.7 Å². The van der Waals surface area contributed by atoms with Crippen molar-refractivity contribution >= 4 is 11.8 Å². The Balaban J connectivity index is 1.66. The first-order valence-corrected chi connectivity index (χ1v) is 10.1. The molecule has 4 rings (SSSR count). The Morgan fingerprint density at radius 3 is 2.36 bits per heavy atom. The topological polar surface area (TPSA) is 30.7 Å². The second-order valence-electron chi connectivity index (χ2n) is 6.65. The minimum absolute atomic E-state index is 0.254. The highest BCUT2D eigenvalue weighted by atomic mass is 32.2. The van der Waals surface area contributed by atoms with Gasteiger partial charge in [0.15, 0.2) is 5.16 Å². The van der Waals surface area contributed by atoms with Gasteiger partial charge in [-0.25, -0.2) is 4.39 Å². The number of nitrogens with zero attached hydrogens (tertiary/aromatic N) is 3. The van der Waals surface area contributed by atoms with Crippen LogP contribution in [0.3, 0.4) is 0 Å². The van der Waals surface area contributed by atoms with Crippen molar-refractivity contribution in [2.24, 2.45) is 0 Å². The zero-order valence-corrected chi connectivity index (χ0v) is 16.4. The molecule has 140 valence electrons. The van der Waals surface area contributed by atoms with Crippen LogP contribution in [0.4, 0.5) is 4.39 Å². The minimum Gasteiger partial charge on any atom is -0.274 e. The van der Waals surface area contributed by atoms with Gasteiger partial charge in [-0.1, -0.05) is 71.9 Å². The lowest BCUT2D eigenvalue weighted by Crippen LogP contribution is -2.04. The molecule has 3 nitrogen and oxygen atoms in total. The molecule has 0 aliphatic carbocycles. The Morgan fingerprint density at radius 1 is 0.857 bits per heavy atom. The van der Waals surface area contributed by atoms with Gasteiger partial charge in [0.05, 0.1) is 0 Å². The molecule has 5 heteroatoms. The SMILES string of the molecule is Cc1cccc(CSc2nnc(Cc3ccccc3)n2-c2ccc(F)cc2)c1. The summed E-state index contributed by atoms with van der Waals surface area (Å²) in [6.07, 6.45) is 0.663. The maximum Gasteiger partial charge on any atom is 0.196 e. The van der Waals surface area contributed by atoms with Crippen molar-refractivity contribution in [2.45, 2.75) is 24.3 Å². The van der Waals surface area contributed by atoms with E-state index in [1.54, 1.807) is 23.9 Å². The molecule has 0 N–H and O–H groups in total. The summed E-state index contributed by atoms with van der Waals surface area (Å²) in [5, 5.41) is 9.67. The molecule has 0 fully saturated rings. The highest BCUT2D eigenvalue weighted by Crippen LogP contribution is 2.26. The monoisotopic (exact) mass is 389 g/mol. The minimum atomic E-state index is -0.254. The normalized spacial score (nSPS) is 10.9. The van der Waals surface area contributed by atoms with Gasteiger partial charge in [0, 0.05) is 17.9 Å². The number of aryl methyl sites for hydroxylation is 1. The van der Waals surface area contributed by atoms with E-state index in [1.807, 2.05) is 22.8 Å². The summed E-state index contributed by atoms with van der Waals surface area (Å²) in [7, 11) is 0. The standard InChI is InChI=1S/C23H20FN3S/c1-17-6-5-9-19(14-17)16-28-23-26-25-22(15-18-7-3-2-4-8-18)27(23)21-12-10-20(24)11-13-21/h2-14H,15-16H2,1H3. The number of benzene rings is 3. The summed E-state index contributed by atoms with van der Waals surface area (Å²) in [5.41, 5.74) is 4.50. The Kier molecular flexibility index (Phi) is 5.53. The van der Waals surface area contributed by atoms with Gasteiger partial charge < -0.3 is 0 Å². The Bertz CT molecular complexity index is 1060. The molecule has 0 unspecified atom stereocenters. The molecule has 0 spiro atoms. The van der Waals surface area contributed by atoms with Gasteiger partial charge in [-0.3, -0.25) is 4.57 Å². The van der Waals surface area contributed by atoms with Crippen LogP contribution in [-0.4, -0.2) is 14.8 Å². The molecule has 0 saturated carbocycles. The molecule has 0 saturated heterocycles. The molecule has 28 heavy (non-hydrogen) atoms. The van der Waals surface area contributed by atoms with Crippen LogP contribution >= 0.6 is 11.8 Å². The Hall–Kier alpha value is -2.92. The van der Waals surface area contributed by atoms with Gasteiger partial charge in [0.25, 0.3) is 0 Å². The van der Waals surface area contributed by atoms with Gasteiger partial charge in [0.1, 0.15) is 11.6 Å². The molecule has 0 aliphatic heterocycles. The fourth-order valence-electron chi connectivity index (χ4n) is 3.09. The van der Waals surface area contributed by atoms with Gasteiger partial charge in [0.2, 0.25) is 0 Å². The summed E-state index contributed by atoms with van der Waals surface area (Å²) in [6.45, 7) is 2.09. The van der Waals surface area contributed by atoms with Gasteiger partial charge in [-0.15, -0.1) is 10.2 Å². The van der Waals surface area contributed by atoms with E-state index in [2.05, 4.69) is 53.5 Å². The van der Waals surface area contributed by atoms with Crippen molar-refractivity contribution < 1.29 is 4.39 Å². The molecule has 0 atom stereocenters. The van der Waals surface area contributed by atoms with Crippen molar-refractivity contribution in [1.82, 2.24) is 14.8 Å². The van der Waals surface area contributed by atoms with E-state index in [0.29, 0.717) is 6.42 Å². The number of aromatic nitrogens is 3. The first-order chi connectivity index (χ1) is 13.7. The maximum absolute atomic E-state index is 13.4. The second kappa shape index (κ2) is 8.40. The molecule has 1 aromatic heterocycles. The van der Waals surface area contributed by atoms with E-state index in [1.165, 1.54) is 23.3 Å². The molecule has 1 heterocycles. The average Bonchev–Trinajstić information content (AvgIpc) is 3.10. The summed E-state index contributed by atoms with van der Waals surface area (Å²) in [4.78, 5) is 0. The number of hydrogen-bond donors (Lipinski definition) is 0. The highest BCUT2D eigenvalue weighted by Gasteiger charge is 2.15. The maximum atomic E-state index is 13.4. The molecule has 3 aromatic carbocycles. The third-order valence-electron chi connectivity index (χ3n) is 4.44. The van der Waals surface area contributed by atoms with Crippen LogP contribution in [0.1, 0.15) is 22.5 Å². The zero-order chi connectivity index (χ0) is 19.3. The van der Waals surface area contributed by atoms with Crippen LogP contribution in [0.25, 0.3) is 5.69 Å². The molecule has 0 amide bonds. The van der Waals surface area contributed by atoms with Crippen LogP contribution in [0.5, 0.6) is 0 Å². The lowest BCUT2D eigenvalue weighted by Gasteiger charge is -2.11. The summed E-state index contributed by atoms with van der Waals surface area (Å²) in [5.74, 6) is 1.38. The van der Waals surface area contributed by atoms with Crippen molar-refractivity contribution in [3.8, 4) is 5.69 Å². The number of rotatable bonds is 6. The van der Waals surface area contributed by atoms with Gasteiger partial charge in [-0.2, -0.15) is 0 Å². The third-order valence-corrected chi connectivity index (χ3v) is 5.44. The van der Waals surface area contributed by atoms with E-state index < -0.39 is 0 Å². The van der Waals surface area contributed by atoms with Crippen LogP contribution < -0.4 is 0 Å². The van der Waals surface area contributed by atoms with Crippen molar-refractivity contribution in [1.29, 1.82) is 0 Å². The first kappa shape index (κ1) is 18.4. The summed E-state index contributed by atoms with van der Waals surface area (Å²) < 4.78 is 15.5. The molecule has 4 aromatic rings. The molecular weight excluding hydrogens is 369 g/mol. The predicted molar refractivity (Wildman–Crippen MR) is 111 cm³/mol. The van der Waals surface area contributed by atoms with E-state index in [4.69, 9.17) is 0 Å². The Morgan fingerprint density at radius 2 is 1.61 bits per heavy atom. The quantitative estimate of drug-likeness (QED) is 0.402. The molecule has 0 radical (unpaired) electrons. The molecule has 0 aliphatic rings. The average molecular weight is 389 g/mol.